The van der Waals surface area contributed by atoms with Crippen LogP contribution in [-0.4, -0.2) is 33.5 Å². The van der Waals surface area contributed by atoms with Gasteiger partial charge in [-0.15, -0.1) is 10.2 Å². The molecule has 2 aromatic rings. The number of allylic oxidation sites excluding steroid dienone is 2. The zero-order valence-electron chi connectivity index (χ0n) is 17.8. The highest BCUT2D eigenvalue weighted by Crippen LogP contribution is 2.33. The summed E-state index contributed by atoms with van der Waals surface area (Å²) in [6.45, 7) is 4.82. The van der Waals surface area contributed by atoms with E-state index in [-0.39, 0.29) is 36.9 Å². The standard InChI is InChI=1S/C22H23ClF2N4O3/c1-4-22(24,25)14-5-7-15(8-6-14)27-17(31)9-13(2)19-16(23)10-21(3,12-26-19)20-29-28-18(11-30)32-20/h5-10,30H,4,11-12H2,1-3H3,(H,27,31)/b13-9+. The van der Waals surface area contributed by atoms with Crippen LogP contribution < -0.4 is 5.32 Å². The number of halogens is 3. The second kappa shape index (κ2) is 9.30. The molecule has 1 amide bonds. The number of aromatic nitrogens is 2. The van der Waals surface area contributed by atoms with Gasteiger partial charge in [-0.2, -0.15) is 0 Å². The van der Waals surface area contributed by atoms with Gasteiger partial charge >= 0.3 is 0 Å². The van der Waals surface area contributed by atoms with Crippen LogP contribution in [0.5, 0.6) is 0 Å². The molecule has 10 heteroatoms. The van der Waals surface area contributed by atoms with Crippen LogP contribution in [0.4, 0.5) is 14.5 Å². The van der Waals surface area contributed by atoms with E-state index in [9.17, 15) is 13.6 Å². The summed E-state index contributed by atoms with van der Waals surface area (Å²) in [6.07, 6.45) is 2.75. The molecular formula is C22H23ClF2N4O3. The molecule has 0 saturated heterocycles. The fourth-order valence-corrected chi connectivity index (χ4v) is 3.60. The Bertz CT molecular complexity index is 1090. The molecule has 0 bridgehead atoms. The number of rotatable bonds is 7. The van der Waals surface area contributed by atoms with Gasteiger partial charge in [0.1, 0.15) is 6.61 Å². The maximum Gasteiger partial charge on any atom is 0.273 e. The summed E-state index contributed by atoms with van der Waals surface area (Å²) in [7, 11) is 0. The number of amides is 1. The van der Waals surface area contributed by atoms with Crippen LogP contribution in [0.1, 0.15) is 44.5 Å². The average Bonchev–Trinajstić information content (AvgIpc) is 3.24. The van der Waals surface area contributed by atoms with Crippen molar-refractivity contribution in [1.82, 2.24) is 10.2 Å². The molecule has 3 rings (SSSR count). The first-order valence-corrected chi connectivity index (χ1v) is 10.3. The number of alkyl halides is 2. The van der Waals surface area contributed by atoms with E-state index in [1.165, 1.54) is 37.3 Å². The minimum absolute atomic E-state index is 0.0970. The van der Waals surface area contributed by atoms with Crippen molar-refractivity contribution in [2.24, 2.45) is 4.99 Å². The third kappa shape index (κ3) is 5.11. The highest BCUT2D eigenvalue weighted by molar-refractivity contribution is 6.46. The number of aliphatic hydroxyl groups excluding tert-OH is 1. The van der Waals surface area contributed by atoms with Crippen LogP contribution in [-0.2, 0) is 22.7 Å². The number of nitrogens with zero attached hydrogens (tertiary/aromatic N) is 3. The van der Waals surface area contributed by atoms with Crippen LogP contribution >= 0.6 is 11.6 Å². The van der Waals surface area contributed by atoms with Crippen molar-refractivity contribution in [3.8, 4) is 0 Å². The maximum absolute atomic E-state index is 13.7. The molecule has 170 valence electrons. The van der Waals surface area contributed by atoms with Gasteiger partial charge in [0.2, 0.25) is 17.7 Å². The SMILES string of the molecule is CCC(F)(F)c1ccc(NC(=O)/C=C(\C)C2=NCC(C)(c3nnc(CO)o3)C=C2Cl)cc1. The summed E-state index contributed by atoms with van der Waals surface area (Å²) in [5.74, 6) is -2.97. The Morgan fingerprint density at radius 2 is 2.03 bits per heavy atom. The van der Waals surface area contributed by atoms with E-state index in [1.54, 1.807) is 13.0 Å². The largest absolute Gasteiger partial charge is 0.422 e. The number of carbonyl (C=O) groups excluding carboxylic acids is 1. The summed E-state index contributed by atoms with van der Waals surface area (Å²) < 4.78 is 32.9. The van der Waals surface area contributed by atoms with Gasteiger partial charge in [-0.05, 0) is 37.6 Å². The predicted octanol–water partition coefficient (Wildman–Crippen LogP) is 4.48. The highest BCUT2D eigenvalue weighted by atomic mass is 35.5. The molecule has 0 spiro atoms. The zero-order valence-corrected chi connectivity index (χ0v) is 18.6. The van der Waals surface area contributed by atoms with Gasteiger partial charge in [0.15, 0.2) is 0 Å². The second-order valence-electron chi connectivity index (χ2n) is 7.69. The quantitative estimate of drug-likeness (QED) is 0.588. The molecule has 1 aromatic heterocycles. The van der Waals surface area contributed by atoms with E-state index >= 15 is 0 Å². The Morgan fingerprint density at radius 1 is 1.34 bits per heavy atom. The number of nitrogens with one attached hydrogen (secondary N) is 1. The number of dihydropyridines is 1. The van der Waals surface area contributed by atoms with Crippen LogP contribution in [0.15, 0.2) is 56.4 Å². The number of aliphatic hydroxyl groups is 1. The summed E-state index contributed by atoms with van der Waals surface area (Å²) in [5, 5.41) is 19.7. The monoisotopic (exact) mass is 464 g/mol. The lowest BCUT2D eigenvalue weighted by Crippen LogP contribution is -2.29. The van der Waals surface area contributed by atoms with Crippen molar-refractivity contribution >= 4 is 28.9 Å². The first kappa shape index (κ1) is 23.7. The first-order valence-electron chi connectivity index (χ1n) is 9.93. The first-order chi connectivity index (χ1) is 15.1. The van der Waals surface area contributed by atoms with Crippen molar-refractivity contribution in [2.45, 2.75) is 45.1 Å². The third-order valence-corrected chi connectivity index (χ3v) is 5.36. The summed E-state index contributed by atoms with van der Waals surface area (Å²) >= 11 is 6.42. The molecule has 2 N–H and O–H groups in total. The Morgan fingerprint density at radius 3 is 2.59 bits per heavy atom. The molecule has 1 aliphatic heterocycles. The van der Waals surface area contributed by atoms with Crippen molar-refractivity contribution in [3.63, 3.8) is 0 Å². The van der Waals surface area contributed by atoms with E-state index in [0.29, 0.717) is 22.0 Å². The number of hydrogen-bond donors (Lipinski definition) is 2. The molecule has 0 aliphatic carbocycles. The van der Waals surface area contributed by atoms with Gasteiger partial charge in [-0.1, -0.05) is 30.7 Å². The molecule has 1 aliphatic rings. The number of benzene rings is 1. The number of hydrogen-bond acceptors (Lipinski definition) is 6. The Labute approximate surface area is 188 Å². The molecule has 1 unspecified atom stereocenters. The minimum Gasteiger partial charge on any atom is -0.422 e. The lowest BCUT2D eigenvalue weighted by molar-refractivity contribution is -0.111. The molecule has 1 aromatic carbocycles. The lowest BCUT2D eigenvalue weighted by Gasteiger charge is -2.25. The third-order valence-electron chi connectivity index (χ3n) is 5.07. The zero-order chi connectivity index (χ0) is 23.5. The van der Waals surface area contributed by atoms with Crippen LogP contribution in [0.3, 0.4) is 0 Å². The molecule has 2 heterocycles. The molecule has 32 heavy (non-hydrogen) atoms. The van der Waals surface area contributed by atoms with Crippen LogP contribution in [0.2, 0.25) is 0 Å². The molecular weight excluding hydrogens is 442 g/mol. The van der Waals surface area contributed by atoms with Crippen molar-refractivity contribution in [3.05, 3.63) is 64.4 Å². The van der Waals surface area contributed by atoms with Gasteiger partial charge in [0, 0.05) is 23.7 Å². The second-order valence-corrected chi connectivity index (χ2v) is 8.09. The smallest absolute Gasteiger partial charge is 0.273 e. The number of carbonyl (C=O) groups is 1. The fourth-order valence-electron chi connectivity index (χ4n) is 3.15. The van der Waals surface area contributed by atoms with Gasteiger partial charge < -0.3 is 14.8 Å². The Balaban J connectivity index is 1.70. The number of aliphatic imine (C=N–C) groups is 1. The summed E-state index contributed by atoms with van der Waals surface area (Å²) in [6, 6.07) is 5.45. The lowest BCUT2D eigenvalue weighted by atomic mass is 9.87. The molecule has 0 fully saturated rings. The van der Waals surface area contributed by atoms with E-state index in [4.69, 9.17) is 21.1 Å². The predicted molar refractivity (Wildman–Crippen MR) is 117 cm³/mol. The Kier molecular flexibility index (Phi) is 6.90. The van der Waals surface area contributed by atoms with E-state index in [2.05, 4.69) is 20.5 Å². The fraction of sp³-hybridized carbons (Fsp3) is 0.364. The van der Waals surface area contributed by atoms with E-state index < -0.39 is 17.2 Å². The molecule has 7 nitrogen and oxygen atoms in total. The van der Waals surface area contributed by atoms with E-state index in [0.717, 1.165) is 0 Å². The summed E-state index contributed by atoms with van der Waals surface area (Å²) in [5.41, 5.74) is 0.520. The normalized spacial score (nSPS) is 19.4. The average molecular weight is 465 g/mol. The maximum atomic E-state index is 13.7. The Hall–Kier alpha value is -2.91. The van der Waals surface area contributed by atoms with Crippen molar-refractivity contribution in [2.75, 3.05) is 11.9 Å². The van der Waals surface area contributed by atoms with E-state index in [1.807, 2.05) is 6.92 Å². The minimum atomic E-state index is -2.91. The molecule has 0 radical (unpaired) electrons. The van der Waals surface area contributed by atoms with Crippen molar-refractivity contribution in [1.29, 1.82) is 0 Å². The van der Waals surface area contributed by atoms with Crippen LogP contribution in [0, 0.1) is 0 Å². The highest BCUT2D eigenvalue weighted by Gasteiger charge is 2.35. The topological polar surface area (TPSA) is 101 Å². The van der Waals surface area contributed by atoms with Gasteiger partial charge in [-0.3, -0.25) is 9.79 Å². The number of anilines is 1. The van der Waals surface area contributed by atoms with Crippen molar-refractivity contribution < 1.29 is 23.1 Å². The summed E-state index contributed by atoms with van der Waals surface area (Å²) in [4.78, 5) is 16.9. The van der Waals surface area contributed by atoms with Crippen LogP contribution in [0.25, 0.3) is 0 Å². The van der Waals surface area contributed by atoms with Gasteiger partial charge in [-0.25, -0.2) is 8.78 Å². The molecule has 0 saturated carbocycles. The molecule has 1 atom stereocenters. The van der Waals surface area contributed by atoms with Gasteiger partial charge in [0.25, 0.3) is 5.92 Å². The van der Waals surface area contributed by atoms with Gasteiger partial charge in [0.05, 0.1) is 22.7 Å².